The number of aryl methyl sites for hydroxylation is 1. The average Bonchev–Trinajstić information content (AvgIpc) is 2.68. The lowest BCUT2D eigenvalue weighted by atomic mass is 10.2. The van der Waals surface area contributed by atoms with Crippen LogP contribution < -0.4 is 5.32 Å². The molecule has 17 heavy (non-hydrogen) atoms. The zero-order valence-corrected chi connectivity index (χ0v) is 13.0. The molecule has 1 aromatic heterocycles. The highest BCUT2D eigenvalue weighted by molar-refractivity contribution is 9.11. The van der Waals surface area contributed by atoms with Crippen LogP contribution >= 0.6 is 43.2 Å². The molecule has 90 valence electrons. The fourth-order valence-electron chi connectivity index (χ4n) is 1.47. The molecule has 0 spiro atoms. The molecule has 0 fully saturated rings. The Morgan fingerprint density at radius 2 is 2.06 bits per heavy atom. The highest BCUT2D eigenvalue weighted by Crippen LogP contribution is 2.26. The van der Waals surface area contributed by atoms with Crippen LogP contribution in [-0.4, -0.2) is 0 Å². The smallest absolute Gasteiger partial charge is 0.137 e. The summed E-state index contributed by atoms with van der Waals surface area (Å²) in [4.78, 5) is 0. The van der Waals surface area contributed by atoms with E-state index in [4.69, 9.17) is 0 Å². The summed E-state index contributed by atoms with van der Waals surface area (Å²) < 4.78 is 14.8. The lowest BCUT2D eigenvalue weighted by Gasteiger charge is -2.09. The van der Waals surface area contributed by atoms with Gasteiger partial charge in [-0.25, -0.2) is 4.39 Å². The van der Waals surface area contributed by atoms with Crippen molar-refractivity contribution in [2.45, 2.75) is 13.5 Å². The number of thiophene rings is 1. The number of halogens is 3. The zero-order valence-electron chi connectivity index (χ0n) is 9.06. The highest BCUT2D eigenvalue weighted by atomic mass is 79.9. The molecule has 0 saturated carbocycles. The maximum absolute atomic E-state index is 13.2. The van der Waals surface area contributed by atoms with Crippen molar-refractivity contribution in [3.05, 3.63) is 48.8 Å². The molecule has 0 bridgehead atoms. The van der Waals surface area contributed by atoms with Gasteiger partial charge in [-0.05, 0) is 73.5 Å². The summed E-state index contributed by atoms with van der Waals surface area (Å²) in [7, 11) is 0. The topological polar surface area (TPSA) is 12.0 Å². The van der Waals surface area contributed by atoms with Crippen molar-refractivity contribution in [2.75, 3.05) is 5.32 Å². The number of rotatable bonds is 3. The fraction of sp³-hybridized carbons (Fsp3) is 0.167. The molecule has 2 rings (SSSR count). The summed E-state index contributed by atoms with van der Waals surface area (Å²) in [6.07, 6.45) is 0. The standard InChI is InChI=1S/C12H10Br2FNS/c1-7-2-10(15)9(13)4-11(7)16-5-8-3-12(14)17-6-8/h2-4,6,16H,5H2,1H3. The Hall–Kier alpha value is -0.390. The molecule has 1 N–H and O–H groups in total. The molecule has 0 aliphatic rings. The molecule has 1 nitrogen and oxygen atoms in total. The van der Waals surface area contributed by atoms with Gasteiger partial charge < -0.3 is 5.32 Å². The van der Waals surface area contributed by atoms with Gasteiger partial charge in [-0.1, -0.05) is 0 Å². The van der Waals surface area contributed by atoms with Crippen molar-refractivity contribution >= 4 is 48.9 Å². The van der Waals surface area contributed by atoms with Gasteiger partial charge in [0.25, 0.3) is 0 Å². The number of hydrogen-bond acceptors (Lipinski definition) is 2. The molecule has 5 heteroatoms. The van der Waals surface area contributed by atoms with Crippen LogP contribution in [0.2, 0.25) is 0 Å². The Labute approximate surface area is 120 Å². The van der Waals surface area contributed by atoms with Gasteiger partial charge in [-0.15, -0.1) is 11.3 Å². The number of hydrogen-bond donors (Lipinski definition) is 1. The first-order chi connectivity index (χ1) is 8.06. The van der Waals surface area contributed by atoms with Crippen molar-refractivity contribution in [3.8, 4) is 0 Å². The van der Waals surface area contributed by atoms with Gasteiger partial charge in [0.05, 0.1) is 8.26 Å². The van der Waals surface area contributed by atoms with Crippen LogP contribution in [-0.2, 0) is 6.54 Å². The first-order valence-electron chi connectivity index (χ1n) is 4.98. The molecular weight excluding hydrogens is 369 g/mol. The lowest BCUT2D eigenvalue weighted by Crippen LogP contribution is -2.00. The predicted molar refractivity (Wildman–Crippen MR) is 78.2 cm³/mol. The zero-order chi connectivity index (χ0) is 12.4. The van der Waals surface area contributed by atoms with Crippen LogP contribution in [0.1, 0.15) is 11.1 Å². The summed E-state index contributed by atoms with van der Waals surface area (Å²) in [5.41, 5.74) is 3.06. The maximum Gasteiger partial charge on any atom is 0.137 e. The van der Waals surface area contributed by atoms with Gasteiger partial charge in [-0.2, -0.15) is 0 Å². The molecule has 0 aliphatic carbocycles. The lowest BCUT2D eigenvalue weighted by molar-refractivity contribution is 0.620. The van der Waals surface area contributed by atoms with Gasteiger partial charge in [0.1, 0.15) is 5.82 Å². The quantitative estimate of drug-likeness (QED) is 0.760. The van der Waals surface area contributed by atoms with Crippen LogP contribution in [0.3, 0.4) is 0 Å². The van der Waals surface area contributed by atoms with Crippen LogP contribution in [0.25, 0.3) is 0 Å². The van der Waals surface area contributed by atoms with E-state index in [-0.39, 0.29) is 5.82 Å². The van der Waals surface area contributed by atoms with E-state index in [1.807, 2.05) is 6.92 Å². The normalized spacial score (nSPS) is 10.6. The minimum absolute atomic E-state index is 0.230. The van der Waals surface area contributed by atoms with Crippen molar-refractivity contribution in [1.29, 1.82) is 0 Å². The third-order valence-electron chi connectivity index (χ3n) is 2.37. The van der Waals surface area contributed by atoms with Gasteiger partial charge in [-0.3, -0.25) is 0 Å². The van der Waals surface area contributed by atoms with E-state index in [1.54, 1.807) is 17.4 Å². The largest absolute Gasteiger partial charge is 0.381 e. The van der Waals surface area contributed by atoms with Crippen molar-refractivity contribution in [3.63, 3.8) is 0 Å². The first kappa shape index (κ1) is 13.1. The van der Waals surface area contributed by atoms with E-state index >= 15 is 0 Å². The molecule has 0 atom stereocenters. The van der Waals surface area contributed by atoms with Crippen LogP contribution in [0.15, 0.2) is 31.8 Å². The maximum atomic E-state index is 13.2. The summed E-state index contributed by atoms with van der Waals surface area (Å²) in [5, 5.41) is 5.39. The SMILES string of the molecule is Cc1cc(F)c(Br)cc1NCc1csc(Br)c1. The van der Waals surface area contributed by atoms with E-state index < -0.39 is 0 Å². The molecule has 1 heterocycles. The first-order valence-corrected chi connectivity index (χ1v) is 7.45. The highest BCUT2D eigenvalue weighted by Gasteiger charge is 2.05. The Morgan fingerprint density at radius 1 is 1.29 bits per heavy atom. The number of anilines is 1. The molecule has 1 aromatic carbocycles. The summed E-state index contributed by atoms with van der Waals surface area (Å²) in [6.45, 7) is 2.63. The van der Waals surface area contributed by atoms with Crippen LogP contribution in [0.4, 0.5) is 10.1 Å². The van der Waals surface area contributed by atoms with Crippen LogP contribution in [0, 0.1) is 12.7 Å². The second-order valence-electron chi connectivity index (χ2n) is 3.69. The Bertz CT molecular complexity index is 539. The summed E-state index contributed by atoms with van der Waals surface area (Å²) in [5.74, 6) is -0.230. The Morgan fingerprint density at radius 3 is 2.71 bits per heavy atom. The van der Waals surface area contributed by atoms with Gasteiger partial charge in [0, 0.05) is 12.2 Å². The average molecular weight is 379 g/mol. The number of benzene rings is 1. The molecule has 0 amide bonds. The molecule has 0 aliphatic heterocycles. The summed E-state index contributed by atoms with van der Waals surface area (Å²) >= 11 is 8.27. The monoisotopic (exact) mass is 377 g/mol. The van der Waals surface area contributed by atoms with Gasteiger partial charge in [0.2, 0.25) is 0 Å². The third-order valence-corrected chi connectivity index (χ3v) is 4.53. The predicted octanol–water partition coefficient (Wildman–Crippen LogP) is 5.33. The molecule has 0 saturated heterocycles. The van der Waals surface area contributed by atoms with Crippen molar-refractivity contribution in [2.24, 2.45) is 0 Å². The van der Waals surface area contributed by atoms with Gasteiger partial charge in [0.15, 0.2) is 0 Å². The summed E-state index contributed by atoms with van der Waals surface area (Å²) in [6, 6.07) is 5.37. The third kappa shape index (κ3) is 3.30. The Kier molecular flexibility index (Phi) is 4.22. The van der Waals surface area contributed by atoms with Crippen molar-refractivity contribution < 1.29 is 4.39 Å². The molecule has 0 radical (unpaired) electrons. The van der Waals surface area contributed by atoms with Crippen LogP contribution in [0.5, 0.6) is 0 Å². The molecule has 0 unspecified atom stereocenters. The van der Waals surface area contributed by atoms with Crippen molar-refractivity contribution in [1.82, 2.24) is 0 Å². The number of nitrogens with one attached hydrogen (secondary N) is 1. The second kappa shape index (κ2) is 5.50. The van der Waals surface area contributed by atoms with E-state index in [1.165, 1.54) is 11.6 Å². The van der Waals surface area contributed by atoms with E-state index in [9.17, 15) is 4.39 Å². The van der Waals surface area contributed by atoms with E-state index in [0.29, 0.717) is 4.47 Å². The van der Waals surface area contributed by atoms with Gasteiger partial charge >= 0.3 is 0 Å². The van der Waals surface area contributed by atoms with E-state index in [0.717, 1.165) is 21.6 Å². The fourth-order valence-corrected chi connectivity index (χ4v) is 3.03. The second-order valence-corrected chi connectivity index (χ2v) is 6.84. The minimum Gasteiger partial charge on any atom is -0.381 e. The molecule has 2 aromatic rings. The Balaban J connectivity index is 2.11. The minimum atomic E-state index is -0.230. The molecular formula is C12H10Br2FNS. The van der Waals surface area contributed by atoms with E-state index in [2.05, 4.69) is 48.6 Å².